The van der Waals surface area contributed by atoms with Crippen LogP contribution in [0.2, 0.25) is 0 Å². The number of fused-ring (bicyclic) bond motifs is 6. The Morgan fingerprint density at radius 2 is 1.97 bits per heavy atom. The van der Waals surface area contributed by atoms with E-state index in [4.69, 9.17) is 23.9 Å². The van der Waals surface area contributed by atoms with Crippen LogP contribution in [-0.2, 0) is 14.3 Å². The summed E-state index contributed by atoms with van der Waals surface area (Å²) >= 11 is 0. The molecule has 30 heavy (non-hydrogen) atoms. The van der Waals surface area contributed by atoms with Gasteiger partial charge in [0.15, 0.2) is 11.5 Å². The zero-order valence-electron chi connectivity index (χ0n) is 17.9. The third-order valence-corrected chi connectivity index (χ3v) is 7.27. The number of benzene rings is 1. The van der Waals surface area contributed by atoms with Crippen LogP contribution in [0, 0.1) is 11.8 Å². The molecule has 0 bridgehead atoms. The van der Waals surface area contributed by atoms with Crippen LogP contribution in [0.15, 0.2) is 29.0 Å². The molecule has 0 aromatic heterocycles. The summed E-state index contributed by atoms with van der Waals surface area (Å²) in [5, 5.41) is 0. The summed E-state index contributed by atoms with van der Waals surface area (Å²) < 4.78 is 21.8. The van der Waals surface area contributed by atoms with Crippen LogP contribution in [0.4, 0.5) is 5.69 Å². The normalized spacial score (nSPS) is 31.8. The average Bonchev–Trinajstić information content (AvgIpc) is 3.14. The van der Waals surface area contributed by atoms with Gasteiger partial charge in [-0.1, -0.05) is 0 Å². The summed E-state index contributed by atoms with van der Waals surface area (Å²) in [6, 6.07) is 4.27. The Morgan fingerprint density at radius 1 is 1.20 bits per heavy atom. The van der Waals surface area contributed by atoms with E-state index in [0.29, 0.717) is 17.2 Å². The number of hydrogen-bond acceptors (Lipinski definition) is 7. The Labute approximate surface area is 176 Å². The predicted octanol–water partition coefficient (Wildman–Crippen LogP) is 3.06. The van der Waals surface area contributed by atoms with E-state index >= 15 is 0 Å². The third kappa shape index (κ3) is 2.82. The summed E-state index contributed by atoms with van der Waals surface area (Å²) in [6.45, 7) is 4.01. The molecule has 4 aliphatic heterocycles. The highest BCUT2D eigenvalue weighted by molar-refractivity contribution is 6.03. The number of hydrogen-bond donors (Lipinski definition) is 0. The minimum Gasteiger partial charge on any atom is -0.497 e. The van der Waals surface area contributed by atoms with E-state index in [0.717, 1.165) is 37.4 Å². The fourth-order valence-electron chi connectivity index (χ4n) is 5.71. The molecule has 0 aliphatic carbocycles. The number of aliphatic imine (C=N–C) groups is 1. The second-order valence-corrected chi connectivity index (χ2v) is 8.57. The number of carbonyl (C=O) groups excluding carboxylic acids is 1. The summed E-state index contributed by atoms with van der Waals surface area (Å²) in [5.41, 5.74) is 4.05. The first-order chi connectivity index (χ1) is 14.5. The molecule has 0 spiro atoms. The summed E-state index contributed by atoms with van der Waals surface area (Å²) in [5.74, 6) is 1.85. The summed E-state index contributed by atoms with van der Waals surface area (Å²) in [4.78, 5) is 20.0. The molecule has 0 radical (unpaired) electrons. The van der Waals surface area contributed by atoms with E-state index in [1.54, 1.807) is 20.5 Å². The maximum absolute atomic E-state index is 12.4. The van der Waals surface area contributed by atoms with Crippen molar-refractivity contribution in [3.8, 4) is 11.5 Å². The van der Waals surface area contributed by atoms with Gasteiger partial charge in [-0.2, -0.15) is 0 Å². The number of nitrogens with zero attached hydrogens (tertiary/aromatic N) is 2. The van der Waals surface area contributed by atoms with Crippen molar-refractivity contribution in [1.29, 1.82) is 0 Å². The first-order valence-corrected chi connectivity index (χ1v) is 10.6. The van der Waals surface area contributed by atoms with E-state index < -0.39 is 0 Å². The molecule has 0 amide bonds. The number of rotatable bonds is 3. The molecule has 7 nitrogen and oxygen atoms in total. The van der Waals surface area contributed by atoms with Gasteiger partial charge < -0.3 is 18.9 Å². The lowest BCUT2D eigenvalue weighted by Gasteiger charge is -2.50. The molecule has 1 aromatic rings. The highest BCUT2D eigenvalue weighted by atomic mass is 16.5. The highest BCUT2D eigenvalue weighted by Gasteiger charge is 2.49. The molecule has 0 N–H and O–H groups in total. The molecule has 5 rings (SSSR count). The number of carbonyl (C=O) groups is 1. The van der Waals surface area contributed by atoms with Crippen LogP contribution in [-0.4, -0.2) is 63.1 Å². The van der Waals surface area contributed by atoms with E-state index in [-0.39, 0.29) is 30.0 Å². The fraction of sp³-hybridized carbons (Fsp3) is 0.565. The Bertz CT molecular complexity index is 940. The second kappa shape index (κ2) is 7.30. The molecule has 1 aromatic carbocycles. The van der Waals surface area contributed by atoms with E-state index in [1.807, 2.05) is 6.07 Å². The molecule has 4 aliphatic rings. The van der Waals surface area contributed by atoms with Gasteiger partial charge in [0.1, 0.15) is 0 Å². The number of esters is 1. The maximum Gasteiger partial charge on any atom is 0.337 e. The first-order valence-electron chi connectivity index (χ1n) is 10.6. The van der Waals surface area contributed by atoms with E-state index in [2.05, 4.69) is 17.9 Å². The van der Waals surface area contributed by atoms with Crippen LogP contribution < -0.4 is 9.47 Å². The monoisotopic (exact) mass is 412 g/mol. The van der Waals surface area contributed by atoms with Gasteiger partial charge in [0.2, 0.25) is 0 Å². The first kappa shape index (κ1) is 19.4. The molecule has 7 heteroatoms. The minimum absolute atomic E-state index is 0.0818. The van der Waals surface area contributed by atoms with Crippen LogP contribution in [0.5, 0.6) is 11.5 Å². The standard InChI is InChI=1S/C23H28N2O5/c1-12-16-10-25-6-5-13-15-8-20(27-2)21(28-3)9-18(15)24-22(13)19(25)7-14(16)17(11-30-12)23(26)29-4/h8-9,11-14,16,19H,5-7,10H2,1-4H3/t12-,13?,14-,16-,19+/m0/s1. The lowest BCUT2D eigenvalue weighted by atomic mass is 9.70. The van der Waals surface area contributed by atoms with Gasteiger partial charge in [-0.05, 0) is 37.9 Å². The Morgan fingerprint density at radius 3 is 2.70 bits per heavy atom. The third-order valence-electron chi connectivity index (χ3n) is 7.27. The summed E-state index contributed by atoms with van der Waals surface area (Å²) in [6.07, 6.45) is 3.59. The van der Waals surface area contributed by atoms with Gasteiger partial charge in [0, 0.05) is 42.1 Å². The van der Waals surface area contributed by atoms with Crippen LogP contribution in [0.3, 0.4) is 0 Å². The molecule has 4 heterocycles. The van der Waals surface area contributed by atoms with Gasteiger partial charge in [-0.3, -0.25) is 9.89 Å². The second-order valence-electron chi connectivity index (χ2n) is 8.57. The van der Waals surface area contributed by atoms with Gasteiger partial charge in [0.05, 0.1) is 45.0 Å². The zero-order valence-corrected chi connectivity index (χ0v) is 17.9. The molecule has 1 unspecified atom stereocenters. The SMILES string of the molecule is COC(=O)C1=CO[C@@H](C)[C@@H]2CN3CCC4C(=Nc5cc(OC)c(OC)cc54)[C@H]3C[C@H]12. The van der Waals surface area contributed by atoms with Crippen molar-refractivity contribution >= 4 is 17.4 Å². The predicted molar refractivity (Wildman–Crippen MR) is 112 cm³/mol. The van der Waals surface area contributed by atoms with Crippen LogP contribution >= 0.6 is 0 Å². The smallest absolute Gasteiger partial charge is 0.337 e. The lowest BCUT2D eigenvalue weighted by molar-refractivity contribution is -0.138. The number of ether oxygens (including phenoxy) is 4. The van der Waals surface area contributed by atoms with Gasteiger partial charge in [0.25, 0.3) is 0 Å². The highest BCUT2D eigenvalue weighted by Crippen LogP contribution is 2.50. The Hall–Kier alpha value is -2.54. The van der Waals surface area contributed by atoms with Gasteiger partial charge in [-0.15, -0.1) is 0 Å². The fourth-order valence-corrected chi connectivity index (χ4v) is 5.71. The molecule has 5 atom stereocenters. The molecular formula is C23H28N2O5. The average molecular weight is 412 g/mol. The molecule has 2 saturated heterocycles. The molecular weight excluding hydrogens is 384 g/mol. The van der Waals surface area contributed by atoms with Gasteiger partial charge >= 0.3 is 5.97 Å². The number of methoxy groups -OCH3 is 3. The van der Waals surface area contributed by atoms with Crippen molar-refractivity contribution in [3.05, 3.63) is 29.5 Å². The van der Waals surface area contributed by atoms with E-state index in [9.17, 15) is 4.79 Å². The van der Waals surface area contributed by atoms with Crippen molar-refractivity contribution in [2.24, 2.45) is 16.8 Å². The Balaban J connectivity index is 1.49. The van der Waals surface area contributed by atoms with Crippen LogP contribution in [0.1, 0.15) is 31.2 Å². The zero-order chi connectivity index (χ0) is 21.0. The molecule has 160 valence electrons. The Kier molecular flexibility index (Phi) is 4.73. The largest absolute Gasteiger partial charge is 0.497 e. The van der Waals surface area contributed by atoms with Crippen molar-refractivity contribution < 1.29 is 23.7 Å². The van der Waals surface area contributed by atoms with Crippen molar-refractivity contribution in [1.82, 2.24) is 4.90 Å². The summed E-state index contributed by atoms with van der Waals surface area (Å²) in [7, 11) is 4.74. The lowest BCUT2D eigenvalue weighted by Crippen LogP contribution is -2.58. The number of piperidine rings is 2. The van der Waals surface area contributed by atoms with Crippen molar-refractivity contribution in [3.63, 3.8) is 0 Å². The van der Waals surface area contributed by atoms with Crippen molar-refractivity contribution in [2.45, 2.75) is 37.8 Å². The maximum atomic E-state index is 12.4. The van der Waals surface area contributed by atoms with Crippen molar-refractivity contribution in [2.75, 3.05) is 34.4 Å². The van der Waals surface area contributed by atoms with Gasteiger partial charge in [-0.25, -0.2) is 4.79 Å². The quantitative estimate of drug-likeness (QED) is 0.711. The van der Waals surface area contributed by atoms with Crippen LogP contribution in [0.25, 0.3) is 0 Å². The molecule has 0 saturated carbocycles. The molecule has 2 fully saturated rings. The topological polar surface area (TPSA) is 69.6 Å². The minimum atomic E-state index is -0.288. The van der Waals surface area contributed by atoms with E-state index in [1.165, 1.54) is 18.4 Å².